The lowest BCUT2D eigenvalue weighted by Gasteiger charge is -2.27. The zero-order chi connectivity index (χ0) is 32.4. The molecule has 45 heavy (non-hydrogen) atoms. The summed E-state index contributed by atoms with van der Waals surface area (Å²) in [6, 6.07) is 15.0. The van der Waals surface area contributed by atoms with Crippen LogP contribution in [0, 0.1) is 13.8 Å². The smallest absolute Gasteiger partial charge is 0.338 e. The molecule has 0 radical (unpaired) electrons. The highest BCUT2D eigenvalue weighted by atomic mass is 32.1. The number of carbonyl (C=O) groups excluding carboxylic acids is 1. The highest BCUT2D eigenvalue weighted by Crippen LogP contribution is 2.38. The predicted octanol–water partition coefficient (Wildman–Crippen LogP) is 5.07. The van der Waals surface area contributed by atoms with Crippen molar-refractivity contribution in [1.29, 1.82) is 0 Å². The fourth-order valence-electron chi connectivity index (χ4n) is 5.84. The minimum atomic E-state index is -0.809. The number of thiazole rings is 1. The number of fused-ring (bicyclic) bond motifs is 1. The van der Waals surface area contributed by atoms with E-state index in [1.165, 1.54) is 11.3 Å². The van der Waals surface area contributed by atoms with Crippen molar-refractivity contribution in [3.05, 3.63) is 102 Å². The summed E-state index contributed by atoms with van der Waals surface area (Å²) >= 11 is 1.32. The quantitative estimate of drug-likeness (QED) is 0.228. The largest absolute Gasteiger partial charge is 0.497 e. The fraction of sp³-hybridized carbons (Fsp3) is 0.343. The second-order valence-corrected chi connectivity index (χ2v) is 12.1. The Morgan fingerprint density at radius 3 is 2.40 bits per heavy atom. The molecule has 10 heteroatoms. The molecule has 0 bridgehead atoms. The number of hydrogen-bond acceptors (Lipinski definition) is 8. The van der Waals surface area contributed by atoms with Gasteiger partial charge in [0.15, 0.2) is 4.80 Å². The van der Waals surface area contributed by atoms with Gasteiger partial charge in [-0.1, -0.05) is 24.7 Å². The van der Waals surface area contributed by atoms with E-state index in [0.717, 1.165) is 34.7 Å². The molecule has 0 unspecified atom stereocenters. The maximum absolute atomic E-state index is 14.3. The molecule has 4 aromatic rings. The Hall–Kier alpha value is -4.57. The van der Waals surface area contributed by atoms with Crippen LogP contribution in [0.2, 0.25) is 0 Å². The Balaban J connectivity index is 1.73. The van der Waals surface area contributed by atoms with Crippen LogP contribution in [0.5, 0.6) is 11.5 Å². The van der Waals surface area contributed by atoms with E-state index in [9.17, 15) is 9.59 Å². The number of aryl methyl sites for hydroxylation is 1. The second-order valence-electron chi connectivity index (χ2n) is 11.1. The Morgan fingerprint density at radius 1 is 1.04 bits per heavy atom. The minimum absolute atomic E-state index is 0.196. The van der Waals surface area contributed by atoms with Crippen molar-refractivity contribution in [1.82, 2.24) is 9.13 Å². The summed E-state index contributed by atoms with van der Waals surface area (Å²) in [6.45, 7) is 8.11. The van der Waals surface area contributed by atoms with Crippen LogP contribution < -0.4 is 29.3 Å². The van der Waals surface area contributed by atoms with Crippen molar-refractivity contribution in [2.75, 3.05) is 39.8 Å². The van der Waals surface area contributed by atoms with Crippen LogP contribution >= 0.6 is 11.3 Å². The van der Waals surface area contributed by atoms with E-state index in [1.807, 2.05) is 33.2 Å². The number of allylic oxidation sites excluding steroid dienone is 1. The first-order valence-corrected chi connectivity index (χ1v) is 15.9. The molecule has 0 N–H and O–H groups in total. The molecule has 1 aliphatic rings. The monoisotopic (exact) mass is 628 g/mol. The van der Waals surface area contributed by atoms with Crippen molar-refractivity contribution in [2.45, 2.75) is 46.6 Å². The van der Waals surface area contributed by atoms with Gasteiger partial charge in [-0.15, -0.1) is 0 Å². The van der Waals surface area contributed by atoms with Gasteiger partial charge in [-0.3, -0.25) is 9.36 Å². The molecule has 0 amide bonds. The molecule has 2 aromatic heterocycles. The lowest BCUT2D eigenvalue weighted by Crippen LogP contribution is -2.40. The van der Waals surface area contributed by atoms with Crippen LogP contribution in [0.4, 0.5) is 5.69 Å². The standard InChI is InChI=1S/C35H40N4O5S/c1-9-11-28-31(34(41)44-10-2)32(27-20-26(42-7)16-17-29(27)43-8)39-33(40)30(45-35(39)36-28)19-23-18-21(3)38(22(23)4)25-14-12-24(13-15-25)37(5)6/h12-20,32H,9-11H2,1-8H3/b30-19-/t32-/m0/s1. The van der Waals surface area contributed by atoms with Gasteiger partial charge >= 0.3 is 5.97 Å². The average molecular weight is 629 g/mol. The molecule has 9 nitrogen and oxygen atoms in total. The van der Waals surface area contributed by atoms with Crippen molar-refractivity contribution < 1.29 is 19.0 Å². The molecular formula is C35H40N4O5S. The molecule has 2 aromatic carbocycles. The fourth-order valence-corrected chi connectivity index (χ4v) is 6.85. The maximum Gasteiger partial charge on any atom is 0.338 e. The number of benzene rings is 2. The number of hydrogen-bond donors (Lipinski definition) is 0. The molecule has 3 heterocycles. The van der Waals surface area contributed by atoms with Gasteiger partial charge in [-0.2, -0.15) is 0 Å². The van der Waals surface area contributed by atoms with Crippen molar-refractivity contribution in [2.24, 2.45) is 4.99 Å². The summed E-state index contributed by atoms with van der Waals surface area (Å²) in [5.41, 5.74) is 6.49. The summed E-state index contributed by atoms with van der Waals surface area (Å²) in [4.78, 5) is 35.4. The second kappa shape index (κ2) is 13.2. The third-order valence-corrected chi connectivity index (χ3v) is 8.99. The Labute approximate surface area is 267 Å². The first-order valence-electron chi connectivity index (χ1n) is 15.0. The molecule has 0 fully saturated rings. The van der Waals surface area contributed by atoms with E-state index in [0.29, 0.717) is 44.1 Å². The number of methoxy groups -OCH3 is 2. The molecular weight excluding hydrogens is 588 g/mol. The third kappa shape index (κ3) is 5.94. The zero-order valence-corrected chi connectivity index (χ0v) is 27.9. The van der Waals surface area contributed by atoms with Gasteiger partial charge < -0.3 is 23.7 Å². The molecule has 0 saturated carbocycles. The van der Waals surface area contributed by atoms with Crippen molar-refractivity contribution >= 4 is 29.1 Å². The van der Waals surface area contributed by atoms with Gasteiger partial charge in [0.05, 0.1) is 36.6 Å². The SMILES string of the molecule is CCCC1=C(C(=O)OCC)[C@H](c2cc(OC)ccc2OC)n2c(s/c(=C\c3cc(C)n(-c4ccc(N(C)C)cc4)c3C)c2=O)=N1. The van der Waals surface area contributed by atoms with E-state index < -0.39 is 12.0 Å². The molecule has 0 saturated heterocycles. The summed E-state index contributed by atoms with van der Waals surface area (Å²) in [5, 5.41) is 0. The number of aromatic nitrogens is 2. The van der Waals surface area contributed by atoms with Gasteiger partial charge in [0, 0.05) is 42.4 Å². The summed E-state index contributed by atoms with van der Waals surface area (Å²) < 4.78 is 21.1. The normalized spacial score (nSPS) is 14.7. The Bertz CT molecular complexity index is 1950. The number of ether oxygens (including phenoxy) is 3. The summed E-state index contributed by atoms with van der Waals surface area (Å²) in [5.74, 6) is 0.604. The molecule has 5 rings (SSSR count). The topological polar surface area (TPSA) is 87.3 Å². The lowest BCUT2D eigenvalue weighted by atomic mass is 9.93. The van der Waals surface area contributed by atoms with E-state index in [4.69, 9.17) is 19.2 Å². The molecule has 1 atom stereocenters. The van der Waals surface area contributed by atoms with Crippen LogP contribution in [0.1, 0.15) is 55.2 Å². The highest BCUT2D eigenvalue weighted by Gasteiger charge is 2.36. The number of nitrogens with zero attached hydrogens (tertiary/aromatic N) is 4. The molecule has 0 spiro atoms. The van der Waals surface area contributed by atoms with Gasteiger partial charge in [-0.25, -0.2) is 9.79 Å². The van der Waals surface area contributed by atoms with Crippen molar-refractivity contribution in [3.8, 4) is 17.2 Å². The molecule has 0 aliphatic carbocycles. The van der Waals surface area contributed by atoms with Crippen LogP contribution in [-0.4, -0.2) is 50.0 Å². The number of esters is 1. The van der Waals surface area contributed by atoms with Gasteiger partial charge in [0.2, 0.25) is 0 Å². The van der Waals surface area contributed by atoms with Gasteiger partial charge in [0.25, 0.3) is 5.56 Å². The van der Waals surface area contributed by atoms with E-state index in [2.05, 4.69) is 53.6 Å². The first-order chi connectivity index (χ1) is 21.6. The van der Waals surface area contributed by atoms with E-state index >= 15 is 0 Å². The number of rotatable bonds is 10. The van der Waals surface area contributed by atoms with Gasteiger partial charge in [-0.05, 0) is 87.4 Å². The van der Waals surface area contributed by atoms with Gasteiger partial charge in [0.1, 0.15) is 17.5 Å². The maximum atomic E-state index is 14.3. The average Bonchev–Trinajstić information content (AvgIpc) is 3.49. The number of carbonyl (C=O) groups is 1. The molecule has 1 aliphatic heterocycles. The van der Waals surface area contributed by atoms with E-state index in [1.54, 1.807) is 37.8 Å². The predicted molar refractivity (Wildman–Crippen MR) is 179 cm³/mol. The summed E-state index contributed by atoms with van der Waals surface area (Å²) in [7, 11) is 7.18. The van der Waals surface area contributed by atoms with Crippen LogP contribution in [0.15, 0.2) is 69.6 Å². The lowest BCUT2D eigenvalue weighted by molar-refractivity contribution is -0.139. The third-order valence-electron chi connectivity index (χ3n) is 8.00. The first kappa shape index (κ1) is 31.8. The van der Waals surface area contributed by atoms with E-state index in [-0.39, 0.29) is 12.2 Å². The van der Waals surface area contributed by atoms with Crippen LogP contribution in [0.3, 0.4) is 0 Å². The highest BCUT2D eigenvalue weighted by molar-refractivity contribution is 7.07. The molecule has 236 valence electrons. The van der Waals surface area contributed by atoms with Crippen LogP contribution in [0.25, 0.3) is 11.8 Å². The zero-order valence-electron chi connectivity index (χ0n) is 27.1. The number of anilines is 1. The Morgan fingerprint density at radius 2 is 1.78 bits per heavy atom. The Kier molecular flexibility index (Phi) is 9.34. The minimum Gasteiger partial charge on any atom is -0.497 e. The van der Waals surface area contributed by atoms with Crippen molar-refractivity contribution in [3.63, 3.8) is 0 Å². The summed E-state index contributed by atoms with van der Waals surface area (Å²) in [6.07, 6.45) is 3.24. The van der Waals surface area contributed by atoms with Crippen LogP contribution in [-0.2, 0) is 9.53 Å².